The molecule has 27 heavy (non-hydrogen) atoms. The van der Waals surface area contributed by atoms with Crippen LogP contribution in [-0.4, -0.2) is 20.9 Å². The van der Waals surface area contributed by atoms with Gasteiger partial charge in [0.25, 0.3) is 0 Å². The van der Waals surface area contributed by atoms with Crippen LogP contribution >= 0.6 is 24.4 Å². The van der Waals surface area contributed by atoms with E-state index in [9.17, 15) is 13.2 Å². The molecule has 1 aromatic carbocycles. The second-order valence-corrected chi connectivity index (χ2v) is 5.95. The minimum Gasteiger partial charge on any atom is -0.331 e. The van der Waals surface area contributed by atoms with E-state index in [2.05, 4.69) is 31.7 Å². The molecule has 0 aliphatic heterocycles. The zero-order valence-electron chi connectivity index (χ0n) is 14.0. The van der Waals surface area contributed by atoms with Gasteiger partial charge in [-0.2, -0.15) is 18.3 Å². The number of hydrazone groups is 1. The van der Waals surface area contributed by atoms with Crippen LogP contribution in [0.1, 0.15) is 18.2 Å². The first-order valence-corrected chi connectivity index (χ1v) is 8.33. The number of rotatable bonds is 3. The van der Waals surface area contributed by atoms with Gasteiger partial charge in [-0.05, 0) is 67.8 Å². The van der Waals surface area contributed by atoms with Crippen LogP contribution in [0, 0.1) is 0 Å². The molecule has 2 rings (SSSR count). The van der Waals surface area contributed by atoms with Gasteiger partial charge in [0, 0.05) is 11.9 Å². The van der Waals surface area contributed by atoms with Crippen molar-refractivity contribution >= 4 is 46.1 Å². The fourth-order valence-electron chi connectivity index (χ4n) is 1.82. The first-order valence-electron chi connectivity index (χ1n) is 7.51. The highest BCUT2D eigenvalue weighted by molar-refractivity contribution is 7.80. The largest absolute Gasteiger partial charge is 0.416 e. The molecule has 4 N–H and O–H groups in total. The average molecular weight is 412 g/mol. The first kappa shape index (κ1) is 20.5. The van der Waals surface area contributed by atoms with Crippen molar-refractivity contribution in [2.75, 3.05) is 5.32 Å². The molecule has 0 radical (unpaired) electrons. The minimum atomic E-state index is -4.38. The number of alkyl halides is 3. The monoisotopic (exact) mass is 412 g/mol. The zero-order valence-corrected chi connectivity index (χ0v) is 15.6. The molecule has 0 saturated carbocycles. The summed E-state index contributed by atoms with van der Waals surface area (Å²) in [6, 6.07) is 9.90. The van der Waals surface area contributed by atoms with Gasteiger partial charge in [0.15, 0.2) is 5.11 Å². The highest BCUT2D eigenvalue weighted by Gasteiger charge is 2.29. The second-order valence-electron chi connectivity index (χ2n) is 5.13. The van der Waals surface area contributed by atoms with Crippen molar-refractivity contribution in [1.29, 1.82) is 0 Å². The molecule has 11 heteroatoms. The molecule has 0 atom stereocenters. The van der Waals surface area contributed by atoms with Crippen LogP contribution in [0.2, 0.25) is 0 Å². The lowest BCUT2D eigenvalue weighted by atomic mass is 10.2. The van der Waals surface area contributed by atoms with E-state index in [0.717, 1.165) is 12.1 Å². The summed E-state index contributed by atoms with van der Waals surface area (Å²) in [5.74, 6) is 0. The van der Waals surface area contributed by atoms with Crippen LogP contribution in [-0.2, 0) is 6.18 Å². The van der Waals surface area contributed by atoms with Crippen LogP contribution in [0.25, 0.3) is 0 Å². The number of thiocarbonyl (C=S) groups is 2. The molecule has 0 fully saturated rings. The Bertz CT molecular complexity index is 822. The van der Waals surface area contributed by atoms with Crippen LogP contribution in [0.5, 0.6) is 0 Å². The van der Waals surface area contributed by atoms with Crippen molar-refractivity contribution in [2.45, 2.75) is 13.1 Å². The van der Waals surface area contributed by atoms with E-state index >= 15 is 0 Å². The molecule has 6 nitrogen and oxygen atoms in total. The van der Waals surface area contributed by atoms with Crippen LogP contribution in [0.15, 0.2) is 53.8 Å². The Labute approximate surface area is 164 Å². The predicted molar refractivity (Wildman–Crippen MR) is 106 cm³/mol. The van der Waals surface area contributed by atoms with E-state index in [0.29, 0.717) is 17.1 Å². The third kappa shape index (κ3) is 6.79. The van der Waals surface area contributed by atoms with Gasteiger partial charge in [-0.1, -0.05) is 6.07 Å². The lowest BCUT2D eigenvalue weighted by molar-refractivity contribution is -0.137. The first-order chi connectivity index (χ1) is 12.8. The number of nitrogens with one attached hydrogen (secondary N) is 4. The molecule has 0 aliphatic carbocycles. The summed E-state index contributed by atoms with van der Waals surface area (Å²) in [6.07, 6.45) is -2.73. The maximum absolute atomic E-state index is 12.5. The molecule has 0 amide bonds. The van der Waals surface area contributed by atoms with Gasteiger partial charge in [-0.15, -0.1) is 0 Å². The van der Waals surface area contributed by atoms with Crippen molar-refractivity contribution in [1.82, 2.24) is 21.3 Å². The Kier molecular flexibility index (Phi) is 7.02. The summed E-state index contributed by atoms with van der Waals surface area (Å²) in [6.45, 7) is 1.77. The van der Waals surface area contributed by atoms with E-state index in [-0.39, 0.29) is 10.2 Å². The number of hydrogen-bond acceptors (Lipinski definition) is 4. The van der Waals surface area contributed by atoms with Gasteiger partial charge in [-0.3, -0.25) is 21.3 Å². The fraction of sp³-hybridized carbons (Fsp3) is 0.125. The third-order valence-corrected chi connectivity index (χ3v) is 3.52. The molecular weight excluding hydrogens is 397 g/mol. The molecule has 142 valence electrons. The van der Waals surface area contributed by atoms with E-state index in [1.165, 1.54) is 12.1 Å². The van der Waals surface area contributed by atoms with Crippen molar-refractivity contribution in [3.63, 3.8) is 0 Å². The molecule has 0 saturated heterocycles. The van der Waals surface area contributed by atoms with Gasteiger partial charge >= 0.3 is 6.18 Å². The average Bonchev–Trinajstić information content (AvgIpc) is 2.65. The molecule has 0 bridgehead atoms. The number of halogens is 3. The Hall–Kier alpha value is -2.79. The maximum Gasteiger partial charge on any atom is 0.416 e. The highest BCUT2D eigenvalue weighted by Crippen LogP contribution is 2.29. The van der Waals surface area contributed by atoms with Crippen LogP contribution < -0.4 is 21.6 Å². The van der Waals surface area contributed by atoms with Crippen molar-refractivity contribution in [3.8, 4) is 0 Å². The van der Waals surface area contributed by atoms with E-state index < -0.39 is 11.7 Å². The van der Waals surface area contributed by atoms with Crippen molar-refractivity contribution in [2.24, 2.45) is 5.10 Å². The SMILES string of the molecule is C/C(=N\NC(=S)NNC(=S)Nc1ccc(C(F)(F)F)cc1)c1ccccn1. The number of benzene rings is 1. The Balaban J connectivity index is 1.79. The Morgan fingerprint density at radius 1 is 1.00 bits per heavy atom. The van der Waals surface area contributed by atoms with Crippen LogP contribution in [0.3, 0.4) is 0 Å². The van der Waals surface area contributed by atoms with Gasteiger partial charge < -0.3 is 5.32 Å². The lowest BCUT2D eigenvalue weighted by Crippen LogP contribution is -2.47. The summed E-state index contributed by atoms with van der Waals surface area (Å²) in [5.41, 5.74) is 8.80. The predicted octanol–water partition coefficient (Wildman–Crippen LogP) is 3.19. The zero-order chi connectivity index (χ0) is 19.9. The smallest absolute Gasteiger partial charge is 0.331 e. The van der Waals surface area contributed by atoms with Gasteiger partial charge in [0.2, 0.25) is 5.11 Å². The molecule has 0 aliphatic rings. The number of aromatic nitrogens is 1. The van der Waals surface area contributed by atoms with Gasteiger partial charge in [0.05, 0.1) is 17.0 Å². The van der Waals surface area contributed by atoms with E-state index in [1.807, 2.05) is 6.07 Å². The van der Waals surface area contributed by atoms with Crippen LogP contribution in [0.4, 0.5) is 18.9 Å². The topological polar surface area (TPSA) is 73.4 Å². The number of hydrazine groups is 1. The maximum atomic E-state index is 12.5. The standard InChI is InChI=1S/C16H15F3N6S2/c1-10(13-4-2-3-9-20-13)22-24-15(27)25-23-14(26)21-12-7-5-11(6-8-12)16(17,18)19/h2-9H,1H3,(H2,21,23,26)(H2,24,25,27)/b22-10+. The molecule has 2 aromatic rings. The number of nitrogens with zero attached hydrogens (tertiary/aromatic N) is 2. The number of pyridine rings is 1. The lowest BCUT2D eigenvalue weighted by Gasteiger charge is -2.13. The fourth-order valence-corrected chi connectivity index (χ4v) is 2.08. The highest BCUT2D eigenvalue weighted by atomic mass is 32.1. The summed E-state index contributed by atoms with van der Waals surface area (Å²) in [5, 5.41) is 7.06. The van der Waals surface area contributed by atoms with Gasteiger partial charge in [0.1, 0.15) is 0 Å². The summed E-state index contributed by atoms with van der Waals surface area (Å²) >= 11 is 10.1. The number of anilines is 1. The number of hydrogen-bond donors (Lipinski definition) is 4. The third-order valence-electron chi connectivity index (χ3n) is 3.12. The normalized spacial score (nSPS) is 11.5. The summed E-state index contributed by atoms with van der Waals surface area (Å²) in [7, 11) is 0. The Morgan fingerprint density at radius 3 is 2.26 bits per heavy atom. The molecule has 1 aromatic heterocycles. The quantitative estimate of drug-likeness (QED) is 0.351. The molecular formula is C16H15F3N6S2. The summed E-state index contributed by atoms with van der Waals surface area (Å²) < 4.78 is 37.6. The van der Waals surface area contributed by atoms with E-state index in [4.69, 9.17) is 24.4 Å². The van der Waals surface area contributed by atoms with Gasteiger partial charge in [-0.25, -0.2) is 0 Å². The van der Waals surface area contributed by atoms with E-state index in [1.54, 1.807) is 25.3 Å². The molecule has 0 unspecified atom stereocenters. The molecule has 0 spiro atoms. The Morgan fingerprint density at radius 2 is 1.67 bits per heavy atom. The minimum absolute atomic E-state index is 0.115. The van der Waals surface area contributed by atoms with Crippen molar-refractivity contribution < 1.29 is 13.2 Å². The summed E-state index contributed by atoms with van der Waals surface area (Å²) in [4.78, 5) is 4.15. The molecule has 1 heterocycles. The second kappa shape index (κ2) is 9.24. The van der Waals surface area contributed by atoms with Crippen molar-refractivity contribution in [3.05, 3.63) is 59.9 Å².